The topological polar surface area (TPSA) is 96.7 Å². The van der Waals surface area contributed by atoms with Crippen LogP contribution in [0.2, 0.25) is 0 Å². The van der Waals surface area contributed by atoms with Crippen molar-refractivity contribution in [2.24, 2.45) is 7.05 Å². The lowest BCUT2D eigenvalue weighted by atomic mass is 9.92. The number of nitrogens with zero attached hydrogens (tertiary/aromatic N) is 3. The molecule has 2 heterocycles. The Kier molecular flexibility index (Phi) is 7.18. The summed E-state index contributed by atoms with van der Waals surface area (Å²) in [5.41, 5.74) is 0.515. The molecule has 1 aliphatic heterocycles. The van der Waals surface area contributed by atoms with Crippen LogP contribution in [0.1, 0.15) is 67.3 Å². The highest BCUT2D eigenvalue weighted by molar-refractivity contribution is 5.95. The van der Waals surface area contributed by atoms with E-state index in [4.69, 9.17) is 4.74 Å². The van der Waals surface area contributed by atoms with Crippen molar-refractivity contribution >= 4 is 12.0 Å². The number of rotatable bonds is 5. The summed E-state index contributed by atoms with van der Waals surface area (Å²) in [4.78, 5) is 27.0. The second kappa shape index (κ2) is 9.68. The molecule has 0 aliphatic carbocycles. The summed E-state index contributed by atoms with van der Waals surface area (Å²) in [5, 5.41) is 17.4. The van der Waals surface area contributed by atoms with Crippen molar-refractivity contribution in [3.05, 3.63) is 53.1 Å². The molecule has 3 rings (SSSR count). The number of amides is 2. The van der Waals surface area contributed by atoms with Gasteiger partial charge in [0.25, 0.3) is 5.91 Å². The van der Waals surface area contributed by atoms with Gasteiger partial charge in [0.15, 0.2) is 0 Å². The molecule has 0 spiro atoms. The van der Waals surface area contributed by atoms with E-state index in [-0.39, 0.29) is 24.1 Å². The van der Waals surface area contributed by atoms with Gasteiger partial charge in [0.05, 0.1) is 17.4 Å². The van der Waals surface area contributed by atoms with Gasteiger partial charge < -0.3 is 20.1 Å². The Hall–Kier alpha value is -2.94. The number of nitrogens with one attached hydrogen (secondary N) is 1. The molecule has 174 valence electrons. The fourth-order valence-electron chi connectivity index (χ4n) is 3.81. The molecule has 8 nitrogen and oxygen atoms in total. The van der Waals surface area contributed by atoms with E-state index in [1.165, 1.54) is 18.2 Å². The van der Waals surface area contributed by atoms with E-state index in [0.717, 1.165) is 12.8 Å². The average Bonchev–Trinajstić information content (AvgIpc) is 3.13. The van der Waals surface area contributed by atoms with E-state index >= 15 is 0 Å². The largest absolute Gasteiger partial charge is 0.444 e. The minimum absolute atomic E-state index is 0.116. The quantitative estimate of drug-likeness (QED) is 0.736. The molecular formula is C23H31FN4O4. The number of hydrogen-bond acceptors (Lipinski definition) is 5. The maximum Gasteiger partial charge on any atom is 0.410 e. The van der Waals surface area contributed by atoms with Crippen molar-refractivity contribution in [3.8, 4) is 0 Å². The van der Waals surface area contributed by atoms with Crippen LogP contribution in [0.4, 0.5) is 9.18 Å². The fraction of sp³-hybridized carbons (Fsp3) is 0.522. The Morgan fingerprint density at radius 1 is 1.34 bits per heavy atom. The minimum atomic E-state index is -1.17. The average molecular weight is 447 g/mol. The van der Waals surface area contributed by atoms with E-state index in [1.807, 2.05) is 20.8 Å². The number of halogens is 1. The first-order valence-electron chi connectivity index (χ1n) is 10.8. The van der Waals surface area contributed by atoms with Gasteiger partial charge in [-0.3, -0.25) is 9.48 Å². The van der Waals surface area contributed by atoms with E-state index < -0.39 is 23.4 Å². The second-order valence-corrected chi connectivity index (χ2v) is 9.11. The number of aliphatic hydroxyl groups excluding tert-OH is 1. The van der Waals surface area contributed by atoms with Gasteiger partial charge in [-0.05, 0) is 39.7 Å². The number of ether oxygens (including phenoxy) is 1. The van der Waals surface area contributed by atoms with Crippen LogP contribution in [-0.2, 0) is 11.8 Å². The first kappa shape index (κ1) is 23.7. The Morgan fingerprint density at radius 3 is 2.75 bits per heavy atom. The number of aryl methyl sites for hydroxylation is 1. The molecule has 32 heavy (non-hydrogen) atoms. The summed E-state index contributed by atoms with van der Waals surface area (Å²) in [6, 6.07) is 5.91. The normalized spacial score (nSPS) is 17.7. The van der Waals surface area contributed by atoms with Gasteiger partial charge in [0.1, 0.15) is 11.4 Å². The number of carbonyl (C=O) groups excluding carboxylic acids is 2. The Labute approximate surface area is 187 Å². The summed E-state index contributed by atoms with van der Waals surface area (Å²) in [5.74, 6) is -1.05. The van der Waals surface area contributed by atoms with Crippen molar-refractivity contribution in [1.82, 2.24) is 20.0 Å². The summed E-state index contributed by atoms with van der Waals surface area (Å²) < 4.78 is 20.9. The van der Waals surface area contributed by atoms with E-state index in [0.29, 0.717) is 24.3 Å². The predicted octanol–water partition coefficient (Wildman–Crippen LogP) is 3.14. The highest BCUT2D eigenvalue weighted by Crippen LogP contribution is 2.29. The standard InChI is InChI=1S/C23H31FN4O4/c1-23(2,3)32-22(31)28-11-7-8-15(13-28)20-17(14-27(4)26-20)21(30)25-12-19(29)16-9-5-6-10-18(16)24/h5-6,9-10,14-15,19,29H,7-8,11-13H2,1-4H3,(H,25,30). The van der Waals surface area contributed by atoms with Gasteiger partial charge in [0, 0.05) is 44.4 Å². The number of hydrogen-bond donors (Lipinski definition) is 2. The highest BCUT2D eigenvalue weighted by atomic mass is 19.1. The number of benzene rings is 1. The molecule has 9 heteroatoms. The van der Waals surface area contributed by atoms with Crippen LogP contribution in [0.3, 0.4) is 0 Å². The summed E-state index contributed by atoms with van der Waals surface area (Å²) in [6.07, 6.45) is 1.63. The Bertz CT molecular complexity index is 969. The number of likely N-dealkylation sites (tertiary alicyclic amines) is 1. The number of carbonyl (C=O) groups is 2. The SMILES string of the molecule is Cn1cc(C(=O)NCC(O)c2ccccc2F)c(C2CCCN(C(=O)OC(C)(C)C)C2)n1. The molecule has 2 unspecified atom stereocenters. The zero-order valence-electron chi connectivity index (χ0n) is 19.0. The van der Waals surface area contributed by atoms with Gasteiger partial charge in [-0.25, -0.2) is 9.18 Å². The van der Waals surface area contributed by atoms with Gasteiger partial charge in [0.2, 0.25) is 0 Å². The molecule has 1 aliphatic rings. The molecular weight excluding hydrogens is 415 g/mol. The summed E-state index contributed by atoms with van der Waals surface area (Å²) in [7, 11) is 1.73. The molecule has 0 radical (unpaired) electrons. The van der Waals surface area contributed by atoms with Gasteiger partial charge >= 0.3 is 6.09 Å². The zero-order valence-corrected chi connectivity index (χ0v) is 19.0. The molecule has 2 amide bonds. The van der Waals surface area contributed by atoms with Crippen molar-refractivity contribution in [2.45, 2.75) is 51.2 Å². The second-order valence-electron chi connectivity index (χ2n) is 9.11. The van der Waals surface area contributed by atoms with Gasteiger partial charge in [-0.2, -0.15) is 5.10 Å². The third-order valence-corrected chi connectivity index (χ3v) is 5.28. The Morgan fingerprint density at radius 2 is 2.06 bits per heavy atom. The first-order valence-corrected chi connectivity index (χ1v) is 10.8. The number of piperidine rings is 1. The molecule has 2 atom stereocenters. The lowest BCUT2D eigenvalue weighted by Crippen LogP contribution is -2.42. The van der Waals surface area contributed by atoms with Gasteiger partial charge in [-0.15, -0.1) is 0 Å². The molecule has 0 saturated carbocycles. The number of aromatic nitrogens is 2. The molecule has 1 aromatic carbocycles. The van der Waals surface area contributed by atoms with Crippen LogP contribution in [0.5, 0.6) is 0 Å². The maximum atomic E-state index is 13.9. The van der Waals surface area contributed by atoms with E-state index in [9.17, 15) is 19.1 Å². The summed E-state index contributed by atoms with van der Waals surface area (Å²) in [6.45, 7) is 6.33. The van der Waals surface area contributed by atoms with Crippen molar-refractivity contribution in [1.29, 1.82) is 0 Å². The van der Waals surface area contributed by atoms with Crippen LogP contribution >= 0.6 is 0 Å². The van der Waals surface area contributed by atoms with Crippen LogP contribution in [0, 0.1) is 5.82 Å². The van der Waals surface area contributed by atoms with Gasteiger partial charge in [-0.1, -0.05) is 18.2 Å². The van der Waals surface area contributed by atoms with Crippen molar-refractivity contribution in [2.75, 3.05) is 19.6 Å². The molecule has 0 bridgehead atoms. The molecule has 1 fully saturated rings. The molecule has 1 saturated heterocycles. The smallest absolute Gasteiger partial charge is 0.410 e. The van der Waals surface area contributed by atoms with E-state index in [1.54, 1.807) is 28.9 Å². The van der Waals surface area contributed by atoms with Crippen LogP contribution in [0.25, 0.3) is 0 Å². The zero-order chi connectivity index (χ0) is 23.5. The Balaban J connectivity index is 1.69. The lowest BCUT2D eigenvalue weighted by Gasteiger charge is -2.33. The summed E-state index contributed by atoms with van der Waals surface area (Å²) >= 11 is 0. The monoisotopic (exact) mass is 446 g/mol. The lowest BCUT2D eigenvalue weighted by molar-refractivity contribution is 0.0197. The first-order chi connectivity index (χ1) is 15.0. The maximum absolute atomic E-state index is 13.9. The van der Waals surface area contributed by atoms with Crippen molar-refractivity contribution in [3.63, 3.8) is 0 Å². The molecule has 2 N–H and O–H groups in total. The minimum Gasteiger partial charge on any atom is -0.444 e. The molecule has 2 aromatic rings. The predicted molar refractivity (Wildman–Crippen MR) is 117 cm³/mol. The highest BCUT2D eigenvalue weighted by Gasteiger charge is 2.32. The van der Waals surface area contributed by atoms with E-state index in [2.05, 4.69) is 10.4 Å². The third-order valence-electron chi connectivity index (χ3n) is 5.28. The fourth-order valence-corrected chi connectivity index (χ4v) is 3.81. The van der Waals surface area contributed by atoms with Crippen LogP contribution in [0.15, 0.2) is 30.5 Å². The number of aliphatic hydroxyl groups is 1. The molecule has 1 aromatic heterocycles. The van der Waals surface area contributed by atoms with Crippen LogP contribution < -0.4 is 5.32 Å². The van der Waals surface area contributed by atoms with Crippen LogP contribution in [-0.4, -0.2) is 57.0 Å². The van der Waals surface area contributed by atoms with Crippen molar-refractivity contribution < 1.29 is 23.8 Å². The third kappa shape index (κ3) is 5.85.